The van der Waals surface area contributed by atoms with E-state index < -0.39 is 5.97 Å². The van der Waals surface area contributed by atoms with E-state index in [2.05, 4.69) is 54.8 Å². The zero-order chi connectivity index (χ0) is 49.7. The molecule has 2 fully saturated rings. The Bertz CT molecular complexity index is 3090. The molecule has 2 aliphatic heterocycles. The predicted molar refractivity (Wildman–Crippen MR) is 278 cm³/mol. The third kappa shape index (κ3) is 13.9. The van der Waals surface area contributed by atoms with Gasteiger partial charge in [0.25, 0.3) is 5.91 Å². The Kier molecular flexibility index (Phi) is 18.7. The molecule has 72 heavy (non-hydrogen) atoms. The maximum Gasteiger partial charge on any atom is 1.00 e. The molecule has 10 rings (SSSR count). The van der Waals surface area contributed by atoms with E-state index in [9.17, 15) is 14.7 Å². The molecule has 6 aromatic heterocycles. The Labute approximate surface area is 439 Å². The van der Waals surface area contributed by atoms with Crippen LogP contribution in [0.4, 0.5) is 23.0 Å². The van der Waals surface area contributed by atoms with Crippen LogP contribution in [0.25, 0.3) is 21.5 Å². The first-order chi connectivity index (χ1) is 34.5. The van der Waals surface area contributed by atoms with Crippen molar-refractivity contribution in [3.05, 3.63) is 178 Å². The number of nitrogens with two attached hydrogens (primary N) is 3. The van der Waals surface area contributed by atoms with E-state index in [-0.39, 0.29) is 30.3 Å². The van der Waals surface area contributed by atoms with Crippen molar-refractivity contribution in [2.24, 2.45) is 5.73 Å². The number of nitrogens with one attached hydrogen (secondary N) is 1. The summed E-state index contributed by atoms with van der Waals surface area (Å²) in [5.74, 6) is -0.418. The third-order valence-electron chi connectivity index (χ3n) is 12.3. The van der Waals surface area contributed by atoms with Crippen molar-refractivity contribution in [3.8, 4) is 0 Å². The number of carboxylic acid groups (broad SMARTS) is 1. The van der Waals surface area contributed by atoms with E-state index in [1.165, 1.54) is 23.6 Å². The number of anilines is 4. The van der Waals surface area contributed by atoms with Crippen LogP contribution in [0.1, 0.15) is 43.2 Å². The smallest absolute Gasteiger partial charge is 0.545 e. The van der Waals surface area contributed by atoms with Crippen molar-refractivity contribution in [1.29, 1.82) is 0 Å². The molecule has 2 saturated heterocycles. The summed E-state index contributed by atoms with van der Waals surface area (Å²) in [6.07, 6.45) is 13.5. The summed E-state index contributed by atoms with van der Waals surface area (Å²) < 4.78 is 0. The molecule has 2 aliphatic rings. The Balaban J connectivity index is 0.000000176. The van der Waals surface area contributed by atoms with Crippen LogP contribution in [0.15, 0.2) is 135 Å². The number of fused-ring (bicyclic) bond motifs is 2. The van der Waals surface area contributed by atoms with Crippen molar-refractivity contribution >= 4 is 79.6 Å². The number of halogens is 2. The Hall–Kier alpha value is -6.94. The summed E-state index contributed by atoms with van der Waals surface area (Å²) in [5.41, 5.74) is 23.5. The second kappa shape index (κ2) is 25.4. The minimum absolute atomic E-state index is 0. The fourth-order valence-corrected chi connectivity index (χ4v) is 8.74. The Morgan fingerprint density at radius 2 is 1.01 bits per heavy atom. The minimum atomic E-state index is -1.27. The van der Waals surface area contributed by atoms with Gasteiger partial charge in [-0.25, -0.2) is 9.97 Å². The number of carboxylic acids is 1. The molecule has 0 spiro atoms. The molecular formula is C52H53Cl2LiN14O3. The van der Waals surface area contributed by atoms with Gasteiger partial charge in [0.1, 0.15) is 11.6 Å². The third-order valence-corrected chi connectivity index (χ3v) is 12.9. The van der Waals surface area contributed by atoms with E-state index in [0.717, 1.165) is 90.7 Å². The molecule has 0 atom stereocenters. The average Bonchev–Trinajstić information content (AvgIpc) is 3.40. The molecule has 364 valence electrons. The molecule has 7 N–H and O–H groups in total. The Morgan fingerprint density at radius 3 is 1.47 bits per heavy atom. The van der Waals surface area contributed by atoms with Gasteiger partial charge in [0.05, 0.1) is 33.0 Å². The SMILES string of the molecule is NCc1ccc2c(N)nccc2c1.Nc1nccc2cc(CNC(=O)c3cnc(CN4CCN(c5ccncc5)CC4)c(Cl)c3)ccc12.O=C([O-])c1cnc(CN2CCN(c3ccncc3)CC2)c(Cl)c1.[Li+]. The molecule has 0 saturated carbocycles. The molecule has 20 heteroatoms. The van der Waals surface area contributed by atoms with Crippen LogP contribution < -0.4 is 56.3 Å². The van der Waals surface area contributed by atoms with Gasteiger partial charge in [0.2, 0.25) is 0 Å². The summed E-state index contributed by atoms with van der Waals surface area (Å²) in [6, 6.07) is 26.8. The van der Waals surface area contributed by atoms with Crippen molar-refractivity contribution < 1.29 is 33.6 Å². The molecule has 8 aromatic rings. The quantitative estimate of drug-likeness (QED) is 0.136. The number of amides is 1. The van der Waals surface area contributed by atoms with Gasteiger partial charge in [-0.1, -0.05) is 47.5 Å². The zero-order valence-electron chi connectivity index (χ0n) is 39.9. The summed E-state index contributed by atoms with van der Waals surface area (Å²) in [6.45, 7) is 9.50. The summed E-state index contributed by atoms with van der Waals surface area (Å²) in [4.78, 5) is 57.6. The number of rotatable bonds is 11. The van der Waals surface area contributed by atoms with Crippen LogP contribution in [0.3, 0.4) is 0 Å². The maximum atomic E-state index is 12.7. The van der Waals surface area contributed by atoms with Gasteiger partial charge in [-0.15, -0.1) is 0 Å². The number of hydrogen-bond acceptors (Lipinski definition) is 16. The zero-order valence-corrected chi connectivity index (χ0v) is 41.4. The normalized spacial score (nSPS) is 13.8. The molecule has 0 radical (unpaired) electrons. The minimum Gasteiger partial charge on any atom is -0.545 e. The van der Waals surface area contributed by atoms with Gasteiger partial charge in [0.15, 0.2) is 0 Å². The van der Waals surface area contributed by atoms with Crippen LogP contribution >= 0.6 is 23.2 Å². The first-order valence-corrected chi connectivity index (χ1v) is 23.8. The van der Waals surface area contributed by atoms with Gasteiger partial charge in [-0.3, -0.25) is 34.5 Å². The van der Waals surface area contributed by atoms with E-state index in [1.54, 1.807) is 37.1 Å². The van der Waals surface area contributed by atoms with Gasteiger partial charge < -0.3 is 42.2 Å². The monoisotopic (exact) mass is 998 g/mol. The van der Waals surface area contributed by atoms with Crippen LogP contribution in [-0.4, -0.2) is 104 Å². The second-order valence-corrected chi connectivity index (χ2v) is 17.7. The van der Waals surface area contributed by atoms with E-state index in [4.69, 9.17) is 40.4 Å². The number of piperazine rings is 2. The predicted octanol–water partition coefficient (Wildman–Crippen LogP) is 2.61. The topological polar surface area (TPSA) is 238 Å². The van der Waals surface area contributed by atoms with Crippen LogP contribution in [0.5, 0.6) is 0 Å². The number of aromatic nitrogens is 6. The summed E-state index contributed by atoms with van der Waals surface area (Å²) in [7, 11) is 0. The number of benzene rings is 2. The van der Waals surface area contributed by atoms with Crippen LogP contribution in [0.2, 0.25) is 10.0 Å². The molecule has 17 nitrogen and oxygen atoms in total. The molecule has 0 aliphatic carbocycles. The number of nitrogens with zero attached hydrogens (tertiary/aromatic N) is 10. The standard InChI is InChI=1S/C26H26ClN7O.C16H17ClN4O2.C10H11N3.Li/c27-23-14-20(26(35)32-15-18-1-2-22-19(13-18)3-8-30-25(22)28)16-31-24(23)17-33-9-11-34(12-10-33)21-4-6-29-7-5-21;17-14-9-12(16(22)23)10-19-15(14)11-20-5-7-21(8-6-20)13-1-3-18-4-2-13;11-6-7-1-2-9-8(5-7)3-4-13-10(9)12;/h1-8,13-14,16H,9-12,15,17H2,(H2,28,30)(H,32,35);1-4,9-10H,5-8,11H2,(H,22,23);1-5H,6,11H2,(H2,12,13);/q;;;+1/p-1. The molecule has 8 heterocycles. The van der Waals surface area contributed by atoms with Crippen molar-refractivity contribution in [2.75, 3.05) is 73.6 Å². The fraction of sp³-hybridized carbons (Fsp3) is 0.231. The van der Waals surface area contributed by atoms with E-state index >= 15 is 0 Å². The van der Waals surface area contributed by atoms with Gasteiger partial charge in [-0.2, -0.15) is 0 Å². The number of aromatic carboxylic acids is 1. The van der Waals surface area contributed by atoms with Crippen LogP contribution in [-0.2, 0) is 26.2 Å². The maximum absolute atomic E-state index is 12.7. The summed E-state index contributed by atoms with van der Waals surface area (Å²) in [5, 5.41) is 18.6. The fourth-order valence-electron chi connectivity index (χ4n) is 8.29. The average molecular weight is 1000 g/mol. The number of pyridine rings is 6. The summed E-state index contributed by atoms with van der Waals surface area (Å²) >= 11 is 12.6. The van der Waals surface area contributed by atoms with Gasteiger partial charge in [-0.05, 0) is 82.6 Å². The first kappa shape index (κ1) is 52.9. The van der Waals surface area contributed by atoms with Crippen LogP contribution in [0, 0.1) is 0 Å². The van der Waals surface area contributed by atoms with E-state index in [1.807, 2.05) is 85.2 Å². The van der Waals surface area contributed by atoms with Gasteiger partial charge in [0, 0.05) is 156 Å². The Morgan fingerprint density at radius 1 is 0.569 bits per heavy atom. The molecule has 0 bridgehead atoms. The first-order valence-electron chi connectivity index (χ1n) is 23.0. The van der Waals surface area contributed by atoms with E-state index in [0.29, 0.717) is 59.1 Å². The van der Waals surface area contributed by atoms with Gasteiger partial charge >= 0.3 is 18.9 Å². The molecule has 1 amide bonds. The van der Waals surface area contributed by atoms with Crippen molar-refractivity contribution in [2.45, 2.75) is 26.2 Å². The molecule has 0 unspecified atom stereocenters. The number of carbonyl (C=O) groups is 2. The number of carbonyl (C=O) groups excluding carboxylic acids is 2. The van der Waals surface area contributed by atoms with Crippen molar-refractivity contribution in [3.63, 3.8) is 0 Å². The number of nitrogen functional groups attached to an aromatic ring is 2. The largest absolute Gasteiger partial charge is 1.00 e. The molecular weight excluding hydrogens is 947 g/mol. The second-order valence-electron chi connectivity index (χ2n) is 16.9. The number of hydrogen-bond donors (Lipinski definition) is 4. The molecule has 2 aromatic carbocycles. The van der Waals surface area contributed by atoms with Crippen molar-refractivity contribution in [1.82, 2.24) is 45.0 Å².